The quantitative estimate of drug-likeness (QED) is 0.670. The number of nitrogens with one attached hydrogen (secondary N) is 2. The van der Waals surface area contributed by atoms with E-state index in [-0.39, 0.29) is 29.3 Å². The number of aromatic nitrogens is 1. The van der Waals surface area contributed by atoms with Crippen LogP contribution in [0, 0.1) is 5.82 Å². The smallest absolute Gasteiger partial charge is 0.220 e. The van der Waals surface area contributed by atoms with Crippen LogP contribution in [-0.4, -0.2) is 36.9 Å². The Kier molecular flexibility index (Phi) is 5.41. The van der Waals surface area contributed by atoms with E-state index in [9.17, 15) is 17.6 Å². The van der Waals surface area contributed by atoms with Gasteiger partial charge < -0.3 is 10.3 Å². The molecule has 0 bridgehead atoms. The molecule has 152 valence electrons. The molecule has 1 aliphatic heterocycles. The molecule has 5 nitrogen and oxygen atoms in total. The zero-order chi connectivity index (χ0) is 20.4. The van der Waals surface area contributed by atoms with Crippen molar-refractivity contribution >= 4 is 26.6 Å². The Balaban J connectivity index is 1.50. The minimum Gasteiger partial charge on any atom is -0.354 e. The van der Waals surface area contributed by atoms with Crippen molar-refractivity contribution in [3.8, 4) is 11.3 Å². The lowest BCUT2D eigenvalue weighted by atomic mass is 10.0. The summed E-state index contributed by atoms with van der Waals surface area (Å²) in [5.41, 5.74) is 3.76. The number of carbonyl (C=O) groups is 1. The van der Waals surface area contributed by atoms with E-state index >= 15 is 0 Å². The Hall–Kier alpha value is -2.67. The van der Waals surface area contributed by atoms with Gasteiger partial charge >= 0.3 is 0 Å². The molecule has 0 radical (unpaired) electrons. The number of hydrogen-bond donors (Lipinski definition) is 2. The van der Waals surface area contributed by atoms with Gasteiger partial charge in [0.05, 0.1) is 11.5 Å². The standard InChI is InChI=1S/C22H23FN2O3S/c23-16-7-5-15(6-8-16)22-19(18-3-1-2-4-20(18)25-22)9-10-21(26)24-17-11-13-29(27,28)14-12-17/h1-8,17,25H,9-14H2,(H,24,26). The first-order valence-corrected chi connectivity index (χ1v) is 11.6. The first kappa shape index (κ1) is 19.6. The molecule has 29 heavy (non-hydrogen) atoms. The Morgan fingerprint density at radius 3 is 2.48 bits per heavy atom. The fourth-order valence-electron chi connectivity index (χ4n) is 3.90. The van der Waals surface area contributed by atoms with Gasteiger partial charge in [0.25, 0.3) is 0 Å². The summed E-state index contributed by atoms with van der Waals surface area (Å²) in [4.78, 5) is 15.9. The first-order valence-electron chi connectivity index (χ1n) is 9.76. The largest absolute Gasteiger partial charge is 0.354 e. The second-order valence-corrected chi connectivity index (χ2v) is 9.83. The van der Waals surface area contributed by atoms with Gasteiger partial charge in [-0.3, -0.25) is 4.79 Å². The van der Waals surface area contributed by atoms with Gasteiger partial charge in [-0.05, 0) is 60.7 Å². The van der Waals surface area contributed by atoms with Crippen LogP contribution in [-0.2, 0) is 21.1 Å². The number of amides is 1. The summed E-state index contributed by atoms with van der Waals surface area (Å²) in [5.74, 6) is -0.102. The van der Waals surface area contributed by atoms with Gasteiger partial charge in [0.2, 0.25) is 5.91 Å². The SMILES string of the molecule is O=C(CCc1c(-c2ccc(F)cc2)[nH]c2ccccc12)NC1CCS(=O)(=O)CC1. The Bertz CT molecular complexity index is 1120. The molecule has 2 heterocycles. The molecule has 1 fully saturated rings. The summed E-state index contributed by atoms with van der Waals surface area (Å²) in [6.07, 6.45) is 1.79. The number of carbonyl (C=O) groups excluding carboxylic acids is 1. The molecule has 0 spiro atoms. The maximum absolute atomic E-state index is 13.3. The molecule has 0 saturated carbocycles. The monoisotopic (exact) mass is 414 g/mol. The topological polar surface area (TPSA) is 79.0 Å². The number of fused-ring (bicyclic) bond motifs is 1. The van der Waals surface area contributed by atoms with Crippen molar-refractivity contribution in [3.05, 3.63) is 59.9 Å². The number of benzene rings is 2. The predicted molar refractivity (Wildman–Crippen MR) is 112 cm³/mol. The molecule has 1 amide bonds. The van der Waals surface area contributed by atoms with Gasteiger partial charge in [0, 0.05) is 29.1 Å². The van der Waals surface area contributed by atoms with E-state index in [1.807, 2.05) is 24.3 Å². The minimum atomic E-state index is -2.94. The number of para-hydroxylation sites is 1. The summed E-state index contributed by atoms with van der Waals surface area (Å²) in [7, 11) is -2.94. The average Bonchev–Trinajstić information content (AvgIpc) is 3.07. The third kappa shape index (κ3) is 4.50. The lowest BCUT2D eigenvalue weighted by molar-refractivity contribution is -0.121. The molecule has 4 rings (SSSR count). The Morgan fingerprint density at radius 2 is 1.76 bits per heavy atom. The summed E-state index contributed by atoms with van der Waals surface area (Å²) >= 11 is 0. The molecule has 0 unspecified atom stereocenters. The van der Waals surface area contributed by atoms with Crippen molar-refractivity contribution in [1.29, 1.82) is 0 Å². The number of aromatic amines is 1. The first-order chi connectivity index (χ1) is 13.9. The van der Waals surface area contributed by atoms with Crippen molar-refractivity contribution in [1.82, 2.24) is 10.3 Å². The molecule has 7 heteroatoms. The summed E-state index contributed by atoms with van der Waals surface area (Å²) in [6.45, 7) is 0. The van der Waals surface area contributed by atoms with Crippen molar-refractivity contribution in [3.63, 3.8) is 0 Å². The van der Waals surface area contributed by atoms with Crippen molar-refractivity contribution in [2.24, 2.45) is 0 Å². The summed E-state index contributed by atoms with van der Waals surface area (Å²) < 4.78 is 36.4. The molecule has 0 atom stereocenters. The molecular weight excluding hydrogens is 391 g/mol. The third-order valence-electron chi connectivity index (χ3n) is 5.47. The van der Waals surface area contributed by atoms with E-state index in [1.54, 1.807) is 12.1 Å². The van der Waals surface area contributed by atoms with Crippen molar-refractivity contribution < 1.29 is 17.6 Å². The Labute approximate surface area is 169 Å². The van der Waals surface area contributed by atoms with Crippen LogP contribution in [0.25, 0.3) is 22.2 Å². The second kappa shape index (κ2) is 7.99. The van der Waals surface area contributed by atoms with Gasteiger partial charge in [-0.2, -0.15) is 0 Å². The summed E-state index contributed by atoms with van der Waals surface area (Å²) in [5, 5.41) is 4.02. The van der Waals surface area contributed by atoms with Gasteiger partial charge in [-0.1, -0.05) is 18.2 Å². The maximum atomic E-state index is 13.3. The van der Waals surface area contributed by atoms with E-state index in [2.05, 4.69) is 10.3 Å². The van der Waals surface area contributed by atoms with Crippen LogP contribution >= 0.6 is 0 Å². The average molecular weight is 415 g/mol. The minimum absolute atomic E-state index is 0.0782. The highest BCUT2D eigenvalue weighted by molar-refractivity contribution is 7.91. The fraction of sp³-hybridized carbons (Fsp3) is 0.318. The number of sulfone groups is 1. The molecular formula is C22H23FN2O3S. The van der Waals surface area contributed by atoms with Gasteiger partial charge in [-0.15, -0.1) is 0 Å². The maximum Gasteiger partial charge on any atom is 0.220 e. The number of hydrogen-bond acceptors (Lipinski definition) is 3. The van der Waals surface area contributed by atoms with E-state index in [0.29, 0.717) is 25.7 Å². The fourth-order valence-corrected chi connectivity index (χ4v) is 5.39. The van der Waals surface area contributed by atoms with Crippen LogP contribution in [0.1, 0.15) is 24.8 Å². The normalized spacial score (nSPS) is 16.7. The molecule has 1 aliphatic rings. The van der Waals surface area contributed by atoms with E-state index < -0.39 is 9.84 Å². The highest BCUT2D eigenvalue weighted by Gasteiger charge is 2.24. The van der Waals surface area contributed by atoms with Crippen LogP contribution in [0.4, 0.5) is 4.39 Å². The highest BCUT2D eigenvalue weighted by atomic mass is 32.2. The number of halogens is 1. The zero-order valence-corrected chi connectivity index (χ0v) is 16.8. The van der Waals surface area contributed by atoms with Crippen LogP contribution in [0.15, 0.2) is 48.5 Å². The van der Waals surface area contributed by atoms with Crippen LogP contribution in [0.3, 0.4) is 0 Å². The van der Waals surface area contributed by atoms with Crippen molar-refractivity contribution in [2.45, 2.75) is 31.7 Å². The number of rotatable bonds is 5. The summed E-state index contributed by atoms with van der Waals surface area (Å²) in [6, 6.07) is 14.1. The molecule has 1 saturated heterocycles. The molecule has 0 aliphatic carbocycles. The zero-order valence-electron chi connectivity index (χ0n) is 15.9. The lowest BCUT2D eigenvalue weighted by Crippen LogP contribution is -2.40. The van der Waals surface area contributed by atoms with Crippen LogP contribution in [0.5, 0.6) is 0 Å². The van der Waals surface area contributed by atoms with Gasteiger partial charge in [0.15, 0.2) is 0 Å². The number of aryl methyl sites for hydroxylation is 1. The second-order valence-electron chi connectivity index (χ2n) is 7.52. The predicted octanol–water partition coefficient (Wildman–Crippen LogP) is 3.60. The van der Waals surface area contributed by atoms with Crippen LogP contribution < -0.4 is 5.32 Å². The Morgan fingerprint density at radius 1 is 1.07 bits per heavy atom. The third-order valence-corrected chi connectivity index (χ3v) is 7.18. The van der Waals surface area contributed by atoms with Crippen molar-refractivity contribution in [2.75, 3.05) is 11.5 Å². The highest BCUT2D eigenvalue weighted by Crippen LogP contribution is 2.31. The van der Waals surface area contributed by atoms with Crippen LogP contribution in [0.2, 0.25) is 0 Å². The van der Waals surface area contributed by atoms with Gasteiger partial charge in [0.1, 0.15) is 15.7 Å². The molecule has 2 aromatic carbocycles. The molecule has 3 aromatic rings. The van der Waals surface area contributed by atoms with E-state index in [1.165, 1.54) is 12.1 Å². The molecule has 1 aromatic heterocycles. The lowest BCUT2D eigenvalue weighted by Gasteiger charge is -2.23. The molecule has 2 N–H and O–H groups in total. The van der Waals surface area contributed by atoms with Gasteiger partial charge in [-0.25, -0.2) is 12.8 Å². The number of H-pyrrole nitrogens is 1. The van der Waals surface area contributed by atoms with E-state index in [4.69, 9.17) is 0 Å². The van der Waals surface area contributed by atoms with E-state index in [0.717, 1.165) is 27.7 Å².